The molecule has 0 bridgehead atoms. The van der Waals surface area contributed by atoms with Crippen LogP contribution in [0.2, 0.25) is 0 Å². The summed E-state index contributed by atoms with van der Waals surface area (Å²) in [5.74, 6) is -0.230. The standard InChI is InChI=1S/C16H25N3O2/c1-4-5-9-17-16(21)13-7-6-8-14(10-13)19-15(20)11-18-12(2)3/h6-8,10,12,18H,4-5,9,11H2,1-3H3,(H,17,21)(H,19,20). The highest BCUT2D eigenvalue weighted by Gasteiger charge is 2.07. The van der Waals surface area contributed by atoms with Crippen LogP contribution in [0.5, 0.6) is 0 Å². The maximum atomic E-state index is 11.9. The van der Waals surface area contributed by atoms with Crippen LogP contribution >= 0.6 is 0 Å². The van der Waals surface area contributed by atoms with Gasteiger partial charge in [0.1, 0.15) is 0 Å². The number of anilines is 1. The first kappa shape index (κ1) is 17.2. The lowest BCUT2D eigenvalue weighted by molar-refractivity contribution is -0.115. The van der Waals surface area contributed by atoms with Gasteiger partial charge in [0.25, 0.3) is 5.91 Å². The van der Waals surface area contributed by atoms with Crippen molar-refractivity contribution in [1.82, 2.24) is 10.6 Å². The largest absolute Gasteiger partial charge is 0.352 e. The molecule has 5 heteroatoms. The van der Waals surface area contributed by atoms with Crippen LogP contribution in [0.1, 0.15) is 44.0 Å². The van der Waals surface area contributed by atoms with E-state index in [-0.39, 0.29) is 24.4 Å². The molecular formula is C16H25N3O2. The fourth-order valence-electron chi connectivity index (χ4n) is 1.72. The Kier molecular flexibility index (Phi) is 7.46. The maximum Gasteiger partial charge on any atom is 0.251 e. The molecule has 0 unspecified atom stereocenters. The van der Waals surface area contributed by atoms with Crippen molar-refractivity contribution in [3.63, 3.8) is 0 Å². The summed E-state index contributed by atoms with van der Waals surface area (Å²) in [5, 5.41) is 8.68. The third kappa shape index (κ3) is 6.90. The second kappa shape index (κ2) is 9.13. The smallest absolute Gasteiger partial charge is 0.251 e. The fraction of sp³-hybridized carbons (Fsp3) is 0.500. The van der Waals surface area contributed by atoms with Gasteiger partial charge in [0.15, 0.2) is 0 Å². The molecule has 1 aromatic rings. The fourth-order valence-corrected chi connectivity index (χ4v) is 1.72. The van der Waals surface area contributed by atoms with Gasteiger partial charge in [0.05, 0.1) is 6.54 Å². The minimum atomic E-state index is -0.118. The molecule has 0 saturated carbocycles. The highest BCUT2D eigenvalue weighted by atomic mass is 16.2. The quantitative estimate of drug-likeness (QED) is 0.643. The molecule has 1 aromatic carbocycles. The number of carbonyl (C=O) groups is 2. The van der Waals surface area contributed by atoms with Gasteiger partial charge in [0, 0.05) is 23.8 Å². The zero-order valence-electron chi connectivity index (χ0n) is 13.0. The van der Waals surface area contributed by atoms with Crippen LogP contribution in [0.25, 0.3) is 0 Å². The van der Waals surface area contributed by atoms with Crippen LogP contribution in [0, 0.1) is 0 Å². The van der Waals surface area contributed by atoms with Crippen LogP contribution in [0.4, 0.5) is 5.69 Å². The minimum absolute atomic E-state index is 0.111. The topological polar surface area (TPSA) is 70.2 Å². The van der Waals surface area contributed by atoms with Crippen molar-refractivity contribution in [1.29, 1.82) is 0 Å². The monoisotopic (exact) mass is 291 g/mol. The second-order valence-electron chi connectivity index (χ2n) is 5.27. The third-order valence-corrected chi connectivity index (χ3v) is 2.90. The lowest BCUT2D eigenvalue weighted by atomic mass is 10.2. The van der Waals surface area contributed by atoms with Gasteiger partial charge >= 0.3 is 0 Å². The highest BCUT2D eigenvalue weighted by Crippen LogP contribution is 2.10. The van der Waals surface area contributed by atoms with E-state index in [1.54, 1.807) is 24.3 Å². The SMILES string of the molecule is CCCCNC(=O)c1cccc(NC(=O)CNC(C)C)c1. The van der Waals surface area contributed by atoms with Crippen molar-refractivity contribution in [2.24, 2.45) is 0 Å². The van der Waals surface area contributed by atoms with Crippen molar-refractivity contribution in [2.75, 3.05) is 18.4 Å². The Labute approximate surface area is 126 Å². The normalized spacial score (nSPS) is 10.5. The molecule has 0 aromatic heterocycles. The van der Waals surface area contributed by atoms with Crippen LogP contribution in [-0.4, -0.2) is 30.9 Å². The van der Waals surface area contributed by atoms with Crippen LogP contribution in [-0.2, 0) is 4.79 Å². The molecule has 3 N–H and O–H groups in total. The number of amides is 2. The summed E-state index contributed by atoms with van der Waals surface area (Å²) in [4.78, 5) is 23.7. The molecule has 0 spiro atoms. The number of rotatable bonds is 8. The number of hydrogen-bond donors (Lipinski definition) is 3. The number of nitrogens with one attached hydrogen (secondary N) is 3. The van der Waals surface area contributed by atoms with Gasteiger partial charge in [-0.2, -0.15) is 0 Å². The van der Waals surface area contributed by atoms with Gasteiger partial charge in [-0.15, -0.1) is 0 Å². The Bertz CT molecular complexity index is 472. The van der Waals surface area contributed by atoms with Gasteiger partial charge in [0.2, 0.25) is 5.91 Å². The van der Waals surface area contributed by atoms with Crippen molar-refractivity contribution in [3.05, 3.63) is 29.8 Å². The van der Waals surface area contributed by atoms with E-state index in [2.05, 4.69) is 22.9 Å². The molecule has 0 radical (unpaired) electrons. The molecule has 2 amide bonds. The van der Waals surface area contributed by atoms with Crippen molar-refractivity contribution < 1.29 is 9.59 Å². The molecule has 0 aliphatic heterocycles. The first-order valence-electron chi connectivity index (χ1n) is 7.44. The van der Waals surface area contributed by atoms with E-state index in [9.17, 15) is 9.59 Å². The molecule has 0 heterocycles. The summed E-state index contributed by atoms with van der Waals surface area (Å²) in [6, 6.07) is 7.22. The second-order valence-corrected chi connectivity index (χ2v) is 5.27. The lowest BCUT2D eigenvalue weighted by Gasteiger charge is -2.10. The Morgan fingerprint density at radius 3 is 2.67 bits per heavy atom. The predicted octanol–water partition coefficient (Wildman–Crippen LogP) is 2.15. The Balaban J connectivity index is 2.55. The van der Waals surface area contributed by atoms with E-state index in [4.69, 9.17) is 0 Å². The molecule has 0 saturated heterocycles. The van der Waals surface area contributed by atoms with E-state index >= 15 is 0 Å². The summed E-state index contributed by atoms with van der Waals surface area (Å²) in [7, 11) is 0. The average molecular weight is 291 g/mol. The van der Waals surface area contributed by atoms with E-state index in [1.807, 2.05) is 13.8 Å². The van der Waals surface area contributed by atoms with Crippen LogP contribution < -0.4 is 16.0 Å². The summed E-state index contributed by atoms with van der Waals surface area (Å²) in [5.41, 5.74) is 1.19. The average Bonchev–Trinajstić information content (AvgIpc) is 2.45. The van der Waals surface area contributed by atoms with E-state index in [0.717, 1.165) is 12.8 Å². The summed E-state index contributed by atoms with van der Waals surface area (Å²) in [6.07, 6.45) is 2.00. The predicted molar refractivity (Wildman–Crippen MR) is 85.5 cm³/mol. The molecule has 0 aliphatic carbocycles. The van der Waals surface area contributed by atoms with Gasteiger partial charge in [-0.1, -0.05) is 33.3 Å². The van der Waals surface area contributed by atoms with Gasteiger partial charge in [-0.25, -0.2) is 0 Å². The van der Waals surface area contributed by atoms with Crippen molar-refractivity contribution >= 4 is 17.5 Å². The number of carbonyl (C=O) groups excluding carboxylic acids is 2. The number of hydrogen-bond acceptors (Lipinski definition) is 3. The van der Waals surface area contributed by atoms with E-state index < -0.39 is 0 Å². The van der Waals surface area contributed by atoms with Crippen molar-refractivity contribution in [2.45, 2.75) is 39.7 Å². The van der Waals surface area contributed by atoms with Gasteiger partial charge in [-0.3, -0.25) is 9.59 Å². The summed E-state index contributed by atoms with van der Waals surface area (Å²) >= 11 is 0. The highest BCUT2D eigenvalue weighted by molar-refractivity contribution is 5.97. The van der Waals surface area contributed by atoms with Crippen LogP contribution in [0.15, 0.2) is 24.3 Å². The molecule has 0 aliphatic rings. The molecular weight excluding hydrogens is 266 g/mol. The molecule has 21 heavy (non-hydrogen) atoms. The molecule has 0 atom stereocenters. The first-order chi connectivity index (χ1) is 10.0. The molecule has 116 valence electrons. The van der Waals surface area contributed by atoms with E-state index in [1.165, 1.54) is 0 Å². The minimum Gasteiger partial charge on any atom is -0.352 e. The zero-order chi connectivity index (χ0) is 15.7. The number of benzene rings is 1. The number of unbranched alkanes of at least 4 members (excludes halogenated alkanes) is 1. The molecule has 5 nitrogen and oxygen atoms in total. The lowest BCUT2D eigenvalue weighted by Crippen LogP contribution is -2.32. The van der Waals surface area contributed by atoms with Gasteiger partial charge in [-0.05, 0) is 24.6 Å². The zero-order valence-corrected chi connectivity index (χ0v) is 13.0. The molecule has 1 rings (SSSR count). The molecule has 0 fully saturated rings. The van der Waals surface area contributed by atoms with E-state index in [0.29, 0.717) is 17.8 Å². The van der Waals surface area contributed by atoms with Crippen LogP contribution in [0.3, 0.4) is 0 Å². The summed E-state index contributed by atoms with van der Waals surface area (Å²) in [6.45, 7) is 6.96. The maximum absolute atomic E-state index is 11.9. The summed E-state index contributed by atoms with van der Waals surface area (Å²) < 4.78 is 0. The first-order valence-corrected chi connectivity index (χ1v) is 7.44. The Morgan fingerprint density at radius 1 is 1.24 bits per heavy atom. The Morgan fingerprint density at radius 2 is 2.00 bits per heavy atom. The van der Waals surface area contributed by atoms with Gasteiger partial charge < -0.3 is 16.0 Å². The Hall–Kier alpha value is -1.88. The third-order valence-electron chi connectivity index (χ3n) is 2.90. The van der Waals surface area contributed by atoms with Crippen molar-refractivity contribution in [3.8, 4) is 0 Å².